The Kier molecular flexibility index (Phi) is 3.02. The quantitative estimate of drug-likeness (QED) is 0.779. The minimum atomic E-state index is -0.333. The molecule has 0 saturated heterocycles. The fraction of sp³-hybridized carbons (Fsp3) is 0.800. The summed E-state index contributed by atoms with van der Waals surface area (Å²) in [6.45, 7) is 2.98. The molecule has 1 aliphatic rings. The predicted molar refractivity (Wildman–Crippen MR) is 54.3 cm³/mol. The van der Waals surface area contributed by atoms with E-state index in [1.807, 2.05) is 11.9 Å². The van der Waals surface area contributed by atoms with Crippen LogP contribution in [-0.2, 0) is 6.54 Å². The maximum atomic E-state index is 9.20. The Morgan fingerprint density at radius 1 is 1.60 bits per heavy atom. The van der Waals surface area contributed by atoms with Gasteiger partial charge in [-0.15, -0.1) is 0 Å². The van der Waals surface area contributed by atoms with Gasteiger partial charge < -0.3 is 9.63 Å². The summed E-state index contributed by atoms with van der Waals surface area (Å²) < 4.78 is 5.13. The Bertz CT molecular complexity index is 320. The van der Waals surface area contributed by atoms with E-state index < -0.39 is 0 Å². The highest BCUT2D eigenvalue weighted by Crippen LogP contribution is 2.38. The summed E-state index contributed by atoms with van der Waals surface area (Å²) in [6, 6.07) is 0. The summed E-state index contributed by atoms with van der Waals surface area (Å²) in [6.07, 6.45) is 2.03. The van der Waals surface area contributed by atoms with Crippen molar-refractivity contribution in [2.45, 2.75) is 38.3 Å². The van der Waals surface area contributed by atoms with Gasteiger partial charge in [-0.2, -0.15) is 4.98 Å². The zero-order valence-electron chi connectivity index (χ0n) is 9.18. The molecule has 1 atom stereocenters. The van der Waals surface area contributed by atoms with Crippen molar-refractivity contribution < 1.29 is 9.63 Å². The summed E-state index contributed by atoms with van der Waals surface area (Å²) in [5.41, 5.74) is 0. The first kappa shape index (κ1) is 10.6. The SMILES string of the molecule is CC(O)CN(C)Cc1nc(C2CC2)no1. The smallest absolute Gasteiger partial charge is 0.240 e. The van der Waals surface area contributed by atoms with Crippen LogP contribution in [0.1, 0.15) is 37.4 Å². The van der Waals surface area contributed by atoms with Crippen LogP contribution in [0.15, 0.2) is 4.52 Å². The maximum absolute atomic E-state index is 9.20. The van der Waals surface area contributed by atoms with Gasteiger partial charge in [-0.3, -0.25) is 4.90 Å². The van der Waals surface area contributed by atoms with Crippen LogP contribution in [0.4, 0.5) is 0 Å². The number of hydrogen-bond acceptors (Lipinski definition) is 5. The predicted octanol–water partition coefficient (Wildman–Crippen LogP) is 0.760. The van der Waals surface area contributed by atoms with E-state index in [4.69, 9.17) is 4.52 Å². The number of aromatic nitrogens is 2. The van der Waals surface area contributed by atoms with Gasteiger partial charge in [0.05, 0.1) is 12.6 Å². The average Bonchev–Trinajstić information content (AvgIpc) is 2.87. The Balaban J connectivity index is 1.86. The van der Waals surface area contributed by atoms with Gasteiger partial charge in [0.25, 0.3) is 0 Å². The zero-order chi connectivity index (χ0) is 10.8. The molecule has 0 amide bonds. The molecule has 2 rings (SSSR count). The second-order valence-corrected chi connectivity index (χ2v) is 4.37. The Labute approximate surface area is 89.1 Å². The molecule has 0 aromatic carbocycles. The normalized spacial score (nSPS) is 18.4. The molecule has 0 aliphatic heterocycles. The van der Waals surface area contributed by atoms with Crippen LogP contribution in [-0.4, -0.2) is 39.8 Å². The van der Waals surface area contributed by atoms with Gasteiger partial charge in [0.1, 0.15) is 0 Å². The summed E-state index contributed by atoms with van der Waals surface area (Å²) >= 11 is 0. The van der Waals surface area contributed by atoms with Gasteiger partial charge in [0.2, 0.25) is 5.89 Å². The second kappa shape index (κ2) is 4.28. The van der Waals surface area contributed by atoms with Crippen LogP contribution in [0, 0.1) is 0 Å². The molecule has 84 valence electrons. The topological polar surface area (TPSA) is 62.4 Å². The van der Waals surface area contributed by atoms with Gasteiger partial charge >= 0.3 is 0 Å². The summed E-state index contributed by atoms with van der Waals surface area (Å²) in [5.74, 6) is 2.01. The van der Waals surface area contributed by atoms with Crippen molar-refractivity contribution in [3.8, 4) is 0 Å². The van der Waals surface area contributed by atoms with Crippen LogP contribution < -0.4 is 0 Å². The molecule has 1 N–H and O–H groups in total. The molecule has 0 spiro atoms. The molecule has 1 heterocycles. The third kappa shape index (κ3) is 3.00. The molecule has 1 aliphatic carbocycles. The maximum Gasteiger partial charge on any atom is 0.240 e. The van der Waals surface area contributed by atoms with Crippen molar-refractivity contribution in [2.24, 2.45) is 0 Å². The molecule has 1 saturated carbocycles. The van der Waals surface area contributed by atoms with Crippen molar-refractivity contribution >= 4 is 0 Å². The second-order valence-electron chi connectivity index (χ2n) is 4.37. The standard InChI is InChI=1S/C10H17N3O2/c1-7(14)5-13(2)6-9-11-10(12-15-9)8-3-4-8/h7-8,14H,3-6H2,1-2H3. The minimum absolute atomic E-state index is 0.333. The molecular weight excluding hydrogens is 194 g/mol. The van der Waals surface area contributed by atoms with Crippen molar-refractivity contribution in [3.63, 3.8) is 0 Å². The minimum Gasteiger partial charge on any atom is -0.392 e. The largest absolute Gasteiger partial charge is 0.392 e. The van der Waals surface area contributed by atoms with E-state index in [-0.39, 0.29) is 6.10 Å². The van der Waals surface area contributed by atoms with E-state index in [2.05, 4.69) is 10.1 Å². The van der Waals surface area contributed by atoms with E-state index >= 15 is 0 Å². The molecule has 0 bridgehead atoms. The fourth-order valence-corrected chi connectivity index (χ4v) is 1.59. The Hall–Kier alpha value is -0.940. The van der Waals surface area contributed by atoms with Crippen LogP contribution in [0.3, 0.4) is 0 Å². The van der Waals surface area contributed by atoms with E-state index in [0.29, 0.717) is 24.9 Å². The molecule has 1 unspecified atom stereocenters. The molecule has 0 radical (unpaired) electrons. The molecule has 1 aromatic rings. The Morgan fingerprint density at radius 2 is 2.33 bits per heavy atom. The zero-order valence-corrected chi connectivity index (χ0v) is 9.18. The Morgan fingerprint density at radius 3 is 2.93 bits per heavy atom. The van der Waals surface area contributed by atoms with Gasteiger partial charge in [-0.05, 0) is 26.8 Å². The number of aliphatic hydroxyl groups is 1. The van der Waals surface area contributed by atoms with E-state index in [0.717, 1.165) is 5.82 Å². The van der Waals surface area contributed by atoms with Gasteiger partial charge in [0.15, 0.2) is 5.82 Å². The van der Waals surface area contributed by atoms with E-state index in [1.54, 1.807) is 6.92 Å². The van der Waals surface area contributed by atoms with Crippen LogP contribution in [0.2, 0.25) is 0 Å². The van der Waals surface area contributed by atoms with Crippen LogP contribution >= 0.6 is 0 Å². The lowest BCUT2D eigenvalue weighted by molar-refractivity contribution is 0.131. The first-order valence-corrected chi connectivity index (χ1v) is 5.34. The lowest BCUT2D eigenvalue weighted by atomic mass is 10.3. The number of likely N-dealkylation sites (N-methyl/N-ethyl adjacent to an activating group) is 1. The molecule has 15 heavy (non-hydrogen) atoms. The molecule has 5 heteroatoms. The molecule has 5 nitrogen and oxygen atoms in total. The summed E-state index contributed by atoms with van der Waals surface area (Å²) in [4.78, 5) is 6.29. The van der Waals surface area contributed by atoms with Crippen molar-refractivity contribution in [1.82, 2.24) is 15.0 Å². The average molecular weight is 211 g/mol. The number of nitrogens with zero attached hydrogens (tertiary/aromatic N) is 3. The lowest BCUT2D eigenvalue weighted by Crippen LogP contribution is -2.26. The first-order chi connectivity index (χ1) is 7.15. The van der Waals surface area contributed by atoms with E-state index in [9.17, 15) is 5.11 Å². The fourth-order valence-electron chi connectivity index (χ4n) is 1.59. The van der Waals surface area contributed by atoms with Gasteiger partial charge in [-0.25, -0.2) is 0 Å². The first-order valence-electron chi connectivity index (χ1n) is 5.34. The highest BCUT2D eigenvalue weighted by atomic mass is 16.5. The van der Waals surface area contributed by atoms with Crippen LogP contribution in [0.25, 0.3) is 0 Å². The van der Waals surface area contributed by atoms with Crippen molar-refractivity contribution in [2.75, 3.05) is 13.6 Å². The highest BCUT2D eigenvalue weighted by molar-refractivity contribution is 5.03. The van der Waals surface area contributed by atoms with Gasteiger partial charge in [0, 0.05) is 12.5 Å². The lowest BCUT2D eigenvalue weighted by Gasteiger charge is -2.15. The van der Waals surface area contributed by atoms with E-state index in [1.165, 1.54) is 12.8 Å². The molecule has 1 aromatic heterocycles. The monoisotopic (exact) mass is 211 g/mol. The summed E-state index contributed by atoms with van der Waals surface area (Å²) in [7, 11) is 1.92. The molecular formula is C10H17N3O2. The number of aliphatic hydroxyl groups excluding tert-OH is 1. The third-order valence-corrected chi connectivity index (χ3v) is 2.41. The number of hydrogen-bond donors (Lipinski definition) is 1. The third-order valence-electron chi connectivity index (χ3n) is 2.41. The van der Waals surface area contributed by atoms with Crippen molar-refractivity contribution in [1.29, 1.82) is 0 Å². The van der Waals surface area contributed by atoms with Crippen LogP contribution in [0.5, 0.6) is 0 Å². The van der Waals surface area contributed by atoms with Gasteiger partial charge in [-0.1, -0.05) is 5.16 Å². The number of rotatable bonds is 5. The molecule has 1 fully saturated rings. The van der Waals surface area contributed by atoms with Crippen molar-refractivity contribution in [3.05, 3.63) is 11.7 Å². The summed E-state index contributed by atoms with van der Waals surface area (Å²) in [5, 5.41) is 13.1. The highest BCUT2D eigenvalue weighted by Gasteiger charge is 2.28.